The van der Waals surface area contributed by atoms with Crippen LogP contribution in [0.2, 0.25) is 0 Å². The molecule has 6 rings (SSSR count). The third kappa shape index (κ3) is 4.11. The van der Waals surface area contributed by atoms with E-state index >= 15 is 0 Å². The number of anilines is 1. The van der Waals surface area contributed by atoms with Gasteiger partial charge in [0.05, 0.1) is 16.9 Å². The van der Waals surface area contributed by atoms with Crippen molar-refractivity contribution in [2.24, 2.45) is 0 Å². The Morgan fingerprint density at radius 1 is 1.00 bits per heavy atom. The molecular weight excluding hydrogens is 498 g/mol. The van der Waals surface area contributed by atoms with Gasteiger partial charge in [-0.3, -0.25) is 9.48 Å². The van der Waals surface area contributed by atoms with E-state index in [9.17, 15) is 18.4 Å². The summed E-state index contributed by atoms with van der Waals surface area (Å²) in [5.41, 5.74) is 2.72. The van der Waals surface area contributed by atoms with Crippen molar-refractivity contribution in [1.29, 1.82) is 0 Å². The number of hydrogen-bond acceptors (Lipinski definition) is 6. The highest BCUT2D eigenvalue weighted by atomic mass is 19.3. The van der Waals surface area contributed by atoms with E-state index in [0.29, 0.717) is 61.6 Å². The van der Waals surface area contributed by atoms with Gasteiger partial charge in [-0.1, -0.05) is 24.3 Å². The van der Waals surface area contributed by atoms with Gasteiger partial charge in [-0.05, 0) is 30.2 Å². The average Bonchev–Trinajstić information content (AvgIpc) is 3.48. The van der Waals surface area contributed by atoms with Crippen LogP contribution in [0.5, 0.6) is 5.75 Å². The molecule has 0 saturated carbocycles. The number of fused-ring (bicyclic) bond motifs is 3. The van der Waals surface area contributed by atoms with Gasteiger partial charge in [-0.2, -0.15) is 8.78 Å². The summed E-state index contributed by atoms with van der Waals surface area (Å²) in [5.74, 6) is 0.621. The van der Waals surface area contributed by atoms with Crippen LogP contribution in [0.4, 0.5) is 19.5 Å². The third-order valence-electron chi connectivity index (χ3n) is 7.18. The van der Waals surface area contributed by atoms with E-state index in [1.54, 1.807) is 41.3 Å². The minimum Gasteiger partial charge on any atom is -0.465 e. The summed E-state index contributed by atoms with van der Waals surface area (Å²) in [6.07, 6.45) is 3.05. The Bertz CT molecular complexity index is 1560. The highest BCUT2D eigenvalue weighted by Gasteiger charge is 2.30. The van der Waals surface area contributed by atoms with Crippen LogP contribution in [0.3, 0.4) is 0 Å². The number of hydrogen-bond donors (Lipinski definition) is 1. The van der Waals surface area contributed by atoms with Crippen molar-refractivity contribution >= 4 is 22.9 Å². The number of alkyl halides is 2. The van der Waals surface area contributed by atoms with Gasteiger partial charge in [0.2, 0.25) is 5.95 Å². The molecule has 1 unspecified atom stereocenters. The minimum absolute atomic E-state index is 0.0968. The lowest BCUT2D eigenvalue weighted by Crippen LogP contribution is -2.48. The van der Waals surface area contributed by atoms with Gasteiger partial charge in [0.25, 0.3) is 5.56 Å². The fraction of sp³-hybridized carbons (Fsp3) is 0.308. The SMILES string of the molecule is O=C(O)N1CCN(c2ncc(-c3ccc4c(=O)n5n(c4c3)C(c3ccccc3OC(F)F)CC5)cn2)CC1. The zero-order chi connectivity index (χ0) is 26.4. The summed E-state index contributed by atoms with van der Waals surface area (Å²) >= 11 is 0. The molecular formula is C26H24F2N6O4. The highest BCUT2D eigenvalue weighted by molar-refractivity contribution is 5.84. The number of para-hydroxylation sites is 1. The maximum Gasteiger partial charge on any atom is 0.407 e. The molecule has 2 aromatic heterocycles. The van der Waals surface area contributed by atoms with Crippen LogP contribution < -0.4 is 15.2 Å². The number of nitrogens with zero attached hydrogens (tertiary/aromatic N) is 6. The van der Waals surface area contributed by atoms with Crippen LogP contribution in [-0.2, 0) is 6.54 Å². The Kier molecular flexibility index (Phi) is 5.93. The summed E-state index contributed by atoms with van der Waals surface area (Å²) in [6.45, 7) is -0.692. The van der Waals surface area contributed by atoms with Crippen molar-refractivity contribution in [2.45, 2.75) is 25.6 Å². The monoisotopic (exact) mass is 522 g/mol. The number of halogens is 2. The second-order valence-corrected chi connectivity index (χ2v) is 9.25. The van der Waals surface area contributed by atoms with Crippen molar-refractivity contribution in [2.75, 3.05) is 31.1 Å². The number of rotatable bonds is 5. The molecule has 1 fully saturated rings. The molecule has 0 spiro atoms. The topological polar surface area (TPSA) is 106 Å². The lowest BCUT2D eigenvalue weighted by atomic mass is 10.0. The second-order valence-electron chi connectivity index (χ2n) is 9.25. The van der Waals surface area contributed by atoms with Crippen LogP contribution in [0.1, 0.15) is 18.0 Å². The average molecular weight is 523 g/mol. The third-order valence-corrected chi connectivity index (χ3v) is 7.18. The largest absolute Gasteiger partial charge is 0.465 e. The van der Waals surface area contributed by atoms with Gasteiger partial charge < -0.3 is 19.6 Å². The van der Waals surface area contributed by atoms with Crippen molar-refractivity contribution in [1.82, 2.24) is 24.2 Å². The zero-order valence-electron chi connectivity index (χ0n) is 20.2. The number of carbonyl (C=O) groups is 1. The van der Waals surface area contributed by atoms with Crippen molar-refractivity contribution in [3.63, 3.8) is 0 Å². The summed E-state index contributed by atoms with van der Waals surface area (Å²) < 4.78 is 34.4. The van der Waals surface area contributed by atoms with Crippen molar-refractivity contribution in [3.8, 4) is 16.9 Å². The van der Waals surface area contributed by atoms with Crippen LogP contribution in [0.25, 0.3) is 22.0 Å². The van der Waals surface area contributed by atoms with E-state index in [0.717, 1.165) is 11.1 Å². The predicted octanol–water partition coefficient (Wildman–Crippen LogP) is 3.65. The smallest absolute Gasteiger partial charge is 0.407 e. The van der Waals surface area contributed by atoms with Gasteiger partial charge >= 0.3 is 12.7 Å². The van der Waals surface area contributed by atoms with Crippen LogP contribution in [0.15, 0.2) is 59.7 Å². The molecule has 196 valence electrons. The molecule has 10 nitrogen and oxygen atoms in total. The summed E-state index contributed by atoms with van der Waals surface area (Å²) in [5, 5.41) is 9.68. The van der Waals surface area contributed by atoms with Gasteiger partial charge in [0.15, 0.2) is 0 Å². The number of piperazine rings is 1. The molecule has 2 aromatic carbocycles. The van der Waals surface area contributed by atoms with Crippen molar-refractivity contribution < 1.29 is 23.4 Å². The maximum absolute atomic E-state index is 13.1. The predicted molar refractivity (Wildman–Crippen MR) is 135 cm³/mol. The summed E-state index contributed by atoms with van der Waals surface area (Å²) in [6, 6.07) is 11.8. The van der Waals surface area contributed by atoms with Gasteiger partial charge in [-0.15, -0.1) is 0 Å². The van der Waals surface area contributed by atoms with Crippen LogP contribution >= 0.6 is 0 Å². The van der Waals surface area contributed by atoms with E-state index in [2.05, 4.69) is 9.97 Å². The standard InChI is InChI=1S/C26H24F2N6O4/c27-24(28)38-22-4-2-1-3-18(22)20-7-8-33-23(35)19-6-5-16(13-21(19)34(20)33)17-14-29-25(30-15-17)31-9-11-32(12-10-31)26(36)37/h1-6,13-15,20,24H,7-12H2,(H,36,37). The Morgan fingerprint density at radius 2 is 1.74 bits per heavy atom. The first-order valence-electron chi connectivity index (χ1n) is 12.2. The summed E-state index contributed by atoms with van der Waals surface area (Å²) in [4.78, 5) is 36.6. The van der Waals surface area contributed by atoms with Gasteiger partial charge in [0, 0.05) is 56.2 Å². The van der Waals surface area contributed by atoms with Gasteiger partial charge in [-0.25, -0.2) is 19.4 Å². The molecule has 0 aliphatic carbocycles. The minimum atomic E-state index is -2.95. The second kappa shape index (κ2) is 9.43. The Morgan fingerprint density at radius 3 is 2.45 bits per heavy atom. The molecule has 1 N–H and O–H groups in total. The Labute approximate surface area is 215 Å². The lowest BCUT2D eigenvalue weighted by Gasteiger charge is -2.33. The number of aromatic nitrogens is 4. The Balaban J connectivity index is 1.32. The van der Waals surface area contributed by atoms with E-state index in [1.807, 2.05) is 21.7 Å². The van der Waals surface area contributed by atoms with Gasteiger partial charge in [0.1, 0.15) is 5.75 Å². The molecule has 4 heterocycles. The normalized spacial score (nSPS) is 17.3. The van der Waals surface area contributed by atoms with E-state index in [-0.39, 0.29) is 17.4 Å². The lowest BCUT2D eigenvalue weighted by molar-refractivity contribution is -0.0507. The molecule has 2 aliphatic rings. The number of benzene rings is 2. The Hall–Kier alpha value is -4.48. The van der Waals surface area contributed by atoms with E-state index in [1.165, 1.54) is 11.0 Å². The molecule has 2 aliphatic heterocycles. The van der Waals surface area contributed by atoms with Crippen molar-refractivity contribution in [3.05, 3.63) is 70.8 Å². The molecule has 0 bridgehead atoms. The highest BCUT2D eigenvalue weighted by Crippen LogP contribution is 2.37. The van der Waals surface area contributed by atoms with E-state index in [4.69, 9.17) is 9.84 Å². The first kappa shape index (κ1) is 23.9. The first-order chi connectivity index (χ1) is 18.4. The quantitative estimate of drug-likeness (QED) is 0.427. The molecule has 38 heavy (non-hydrogen) atoms. The number of ether oxygens (including phenoxy) is 1. The summed E-state index contributed by atoms with van der Waals surface area (Å²) in [7, 11) is 0. The number of carboxylic acid groups (broad SMARTS) is 1. The van der Waals surface area contributed by atoms with Crippen LogP contribution in [0, 0.1) is 0 Å². The van der Waals surface area contributed by atoms with E-state index < -0.39 is 12.7 Å². The number of amides is 1. The first-order valence-corrected chi connectivity index (χ1v) is 12.2. The molecule has 12 heteroatoms. The fourth-order valence-corrected chi connectivity index (χ4v) is 5.34. The maximum atomic E-state index is 13.1. The fourth-order valence-electron chi connectivity index (χ4n) is 5.34. The molecule has 1 atom stereocenters. The molecule has 0 radical (unpaired) electrons. The molecule has 4 aromatic rings. The van der Waals surface area contributed by atoms with Crippen LogP contribution in [-0.4, -0.2) is 68.2 Å². The molecule has 1 saturated heterocycles. The molecule has 1 amide bonds. The zero-order valence-corrected chi connectivity index (χ0v) is 20.2.